The molecule has 0 N–H and O–H groups in total. The molecule has 0 bridgehead atoms. The highest BCUT2D eigenvalue weighted by Crippen LogP contribution is 2.23. The van der Waals surface area contributed by atoms with E-state index in [1.54, 1.807) is 11.8 Å². The normalized spacial score (nSPS) is 15.2. The zero-order chi connectivity index (χ0) is 17.9. The number of rotatable bonds is 3. The second kappa shape index (κ2) is 7.02. The molecular formula is C16H24N4O4. The van der Waals surface area contributed by atoms with Crippen LogP contribution in [-0.4, -0.2) is 66.1 Å². The smallest absolute Gasteiger partial charge is 0.410 e. The number of aryl methyl sites for hydroxylation is 1. The van der Waals surface area contributed by atoms with Crippen LogP contribution in [0.2, 0.25) is 0 Å². The maximum absolute atomic E-state index is 12.1. The van der Waals surface area contributed by atoms with Gasteiger partial charge in [0.2, 0.25) is 0 Å². The summed E-state index contributed by atoms with van der Waals surface area (Å²) in [4.78, 5) is 35.6. The molecule has 1 fully saturated rings. The Morgan fingerprint density at radius 1 is 1.17 bits per heavy atom. The summed E-state index contributed by atoms with van der Waals surface area (Å²) < 4.78 is 10.5. The summed E-state index contributed by atoms with van der Waals surface area (Å²) in [6.07, 6.45) is 0.430. The summed E-state index contributed by atoms with van der Waals surface area (Å²) in [5.74, 6) is 0.540. The fourth-order valence-electron chi connectivity index (χ4n) is 2.44. The maximum Gasteiger partial charge on any atom is 0.410 e. The van der Waals surface area contributed by atoms with Crippen LogP contribution in [0.3, 0.4) is 0 Å². The van der Waals surface area contributed by atoms with Crippen molar-refractivity contribution in [2.45, 2.75) is 33.3 Å². The minimum absolute atomic E-state index is 0.225. The lowest BCUT2D eigenvalue weighted by Crippen LogP contribution is -2.50. The third kappa shape index (κ3) is 4.12. The van der Waals surface area contributed by atoms with Gasteiger partial charge in [0.15, 0.2) is 6.29 Å². The third-order valence-electron chi connectivity index (χ3n) is 3.63. The predicted molar refractivity (Wildman–Crippen MR) is 88.7 cm³/mol. The number of aldehydes is 1. The summed E-state index contributed by atoms with van der Waals surface area (Å²) in [5.41, 5.74) is 0.499. The van der Waals surface area contributed by atoms with Gasteiger partial charge in [-0.25, -0.2) is 4.79 Å². The molecule has 8 nitrogen and oxygen atoms in total. The van der Waals surface area contributed by atoms with Gasteiger partial charge in [0.1, 0.15) is 11.4 Å². The Kier molecular flexibility index (Phi) is 5.26. The van der Waals surface area contributed by atoms with Gasteiger partial charge in [-0.3, -0.25) is 4.79 Å². The number of methoxy groups -OCH3 is 1. The van der Waals surface area contributed by atoms with E-state index in [0.717, 1.165) is 6.29 Å². The van der Waals surface area contributed by atoms with Crippen LogP contribution in [-0.2, 0) is 4.74 Å². The molecule has 132 valence electrons. The lowest BCUT2D eigenvalue weighted by Gasteiger charge is -2.36. The summed E-state index contributed by atoms with van der Waals surface area (Å²) in [6, 6.07) is 0.225. The zero-order valence-electron chi connectivity index (χ0n) is 14.8. The highest BCUT2D eigenvalue weighted by molar-refractivity contribution is 5.84. The molecule has 1 aliphatic rings. The average Bonchev–Trinajstić information content (AvgIpc) is 2.52. The first-order valence-corrected chi connectivity index (χ1v) is 7.86. The second-order valence-corrected chi connectivity index (χ2v) is 6.61. The molecule has 0 saturated carbocycles. The van der Waals surface area contributed by atoms with Crippen molar-refractivity contribution in [3.8, 4) is 6.01 Å². The molecule has 0 aliphatic carbocycles. The van der Waals surface area contributed by atoms with Gasteiger partial charge in [-0.2, -0.15) is 9.97 Å². The summed E-state index contributed by atoms with van der Waals surface area (Å²) in [5, 5.41) is 0. The van der Waals surface area contributed by atoms with E-state index in [2.05, 4.69) is 9.97 Å². The lowest BCUT2D eigenvalue weighted by atomic mass is 10.2. The van der Waals surface area contributed by atoms with Gasteiger partial charge in [0.05, 0.1) is 18.4 Å². The Morgan fingerprint density at radius 2 is 1.79 bits per heavy atom. The van der Waals surface area contributed by atoms with Crippen LogP contribution in [0.25, 0.3) is 0 Å². The summed E-state index contributed by atoms with van der Waals surface area (Å²) in [6.45, 7) is 9.37. The quantitative estimate of drug-likeness (QED) is 0.776. The topological polar surface area (TPSA) is 84.9 Å². The molecule has 2 rings (SSSR count). The van der Waals surface area contributed by atoms with Gasteiger partial charge in [-0.05, 0) is 27.7 Å². The zero-order valence-corrected chi connectivity index (χ0v) is 14.8. The van der Waals surface area contributed by atoms with Crippen molar-refractivity contribution in [1.82, 2.24) is 14.9 Å². The monoisotopic (exact) mass is 336 g/mol. The molecule has 1 saturated heterocycles. The van der Waals surface area contributed by atoms with Crippen LogP contribution in [0, 0.1) is 6.92 Å². The van der Waals surface area contributed by atoms with E-state index < -0.39 is 5.60 Å². The van der Waals surface area contributed by atoms with Gasteiger partial charge in [-0.1, -0.05) is 0 Å². The molecule has 0 aromatic carbocycles. The van der Waals surface area contributed by atoms with Crippen LogP contribution >= 0.6 is 0 Å². The Labute approximate surface area is 141 Å². The number of aromatic nitrogens is 2. The Balaban J connectivity index is 2.11. The van der Waals surface area contributed by atoms with E-state index in [4.69, 9.17) is 9.47 Å². The van der Waals surface area contributed by atoms with E-state index in [1.807, 2.05) is 25.7 Å². The minimum atomic E-state index is -0.518. The van der Waals surface area contributed by atoms with Gasteiger partial charge >= 0.3 is 12.1 Å². The number of carbonyl (C=O) groups is 2. The molecule has 1 aromatic heterocycles. The van der Waals surface area contributed by atoms with E-state index in [0.29, 0.717) is 43.3 Å². The largest absolute Gasteiger partial charge is 0.467 e. The number of piperazine rings is 1. The van der Waals surface area contributed by atoms with Gasteiger partial charge < -0.3 is 19.3 Å². The number of ether oxygens (including phenoxy) is 2. The van der Waals surface area contributed by atoms with Crippen molar-refractivity contribution in [2.75, 3.05) is 38.2 Å². The fourth-order valence-corrected chi connectivity index (χ4v) is 2.44. The van der Waals surface area contributed by atoms with Crippen LogP contribution in [0.1, 0.15) is 36.8 Å². The number of carbonyl (C=O) groups excluding carboxylic acids is 2. The summed E-state index contributed by atoms with van der Waals surface area (Å²) >= 11 is 0. The van der Waals surface area contributed by atoms with Gasteiger partial charge in [0.25, 0.3) is 0 Å². The van der Waals surface area contributed by atoms with Crippen molar-refractivity contribution in [2.24, 2.45) is 0 Å². The van der Waals surface area contributed by atoms with Crippen molar-refractivity contribution in [1.29, 1.82) is 0 Å². The van der Waals surface area contributed by atoms with Crippen molar-refractivity contribution in [3.05, 3.63) is 11.3 Å². The van der Waals surface area contributed by atoms with Crippen molar-refractivity contribution >= 4 is 18.2 Å². The average molecular weight is 336 g/mol. The number of amides is 1. The third-order valence-corrected chi connectivity index (χ3v) is 3.63. The molecule has 0 radical (unpaired) electrons. The van der Waals surface area contributed by atoms with E-state index >= 15 is 0 Å². The molecule has 0 atom stereocenters. The molecular weight excluding hydrogens is 312 g/mol. The van der Waals surface area contributed by atoms with Crippen molar-refractivity contribution in [3.63, 3.8) is 0 Å². The number of anilines is 1. The number of nitrogens with zero attached hydrogens (tertiary/aromatic N) is 4. The second-order valence-electron chi connectivity index (χ2n) is 6.61. The lowest BCUT2D eigenvalue weighted by molar-refractivity contribution is 0.0240. The van der Waals surface area contributed by atoms with E-state index in [1.165, 1.54) is 7.11 Å². The van der Waals surface area contributed by atoms with Gasteiger partial charge in [-0.15, -0.1) is 0 Å². The fraction of sp³-hybridized carbons (Fsp3) is 0.625. The van der Waals surface area contributed by atoms with Crippen molar-refractivity contribution < 1.29 is 19.1 Å². The molecule has 0 spiro atoms. The van der Waals surface area contributed by atoms with Crippen LogP contribution in [0.15, 0.2) is 0 Å². The minimum Gasteiger partial charge on any atom is -0.467 e. The highest BCUT2D eigenvalue weighted by atomic mass is 16.6. The molecule has 8 heteroatoms. The van der Waals surface area contributed by atoms with E-state index in [-0.39, 0.29) is 12.1 Å². The van der Waals surface area contributed by atoms with E-state index in [9.17, 15) is 9.59 Å². The molecule has 2 heterocycles. The first-order chi connectivity index (χ1) is 11.2. The SMILES string of the molecule is COc1nc(C)c(C=O)c(N2CCN(C(=O)OC(C)(C)C)CC2)n1. The Hall–Kier alpha value is -2.38. The summed E-state index contributed by atoms with van der Waals surface area (Å²) in [7, 11) is 1.49. The maximum atomic E-state index is 12.1. The first-order valence-electron chi connectivity index (χ1n) is 7.86. The molecule has 1 aromatic rings. The number of hydrogen-bond acceptors (Lipinski definition) is 7. The molecule has 1 amide bonds. The molecule has 1 aliphatic heterocycles. The number of hydrogen-bond donors (Lipinski definition) is 0. The predicted octanol–water partition coefficient (Wildman–Crippen LogP) is 1.66. The van der Waals surface area contributed by atoms with Crippen LogP contribution in [0.5, 0.6) is 6.01 Å². The first kappa shape index (κ1) is 18.0. The van der Waals surface area contributed by atoms with Crippen LogP contribution < -0.4 is 9.64 Å². The molecule has 24 heavy (non-hydrogen) atoms. The molecule has 0 unspecified atom stereocenters. The highest BCUT2D eigenvalue weighted by Gasteiger charge is 2.28. The Morgan fingerprint density at radius 3 is 2.29 bits per heavy atom. The standard InChI is InChI=1S/C16H24N4O4/c1-11-12(10-21)13(18-14(17-11)23-5)19-6-8-20(9-7-19)15(22)24-16(2,3)4/h10H,6-9H2,1-5H3. The van der Waals surface area contributed by atoms with Gasteiger partial charge in [0, 0.05) is 26.2 Å². The Bertz CT molecular complexity index is 619. The van der Waals surface area contributed by atoms with Crippen LogP contribution in [0.4, 0.5) is 10.6 Å².